The van der Waals surface area contributed by atoms with E-state index in [9.17, 15) is 19.7 Å². The van der Waals surface area contributed by atoms with Crippen LogP contribution in [0.15, 0.2) is 18.3 Å². The third kappa shape index (κ3) is 3.34. The lowest BCUT2D eigenvalue weighted by atomic mass is 9.95. The van der Waals surface area contributed by atoms with E-state index in [0.717, 1.165) is 12.3 Å². The van der Waals surface area contributed by atoms with Gasteiger partial charge in [-0.05, 0) is 16.0 Å². The highest BCUT2D eigenvalue weighted by Crippen LogP contribution is 2.14. The Balaban J connectivity index is 2.89. The Labute approximate surface area is 103 Å². The van der Waals surface area contributed by atoms with E-state index in [0.29, 0.717) is 0 Å². The zero-order chi connectivity index (χ0) is 13.9. The summed E-state index contributed by atoms with van der Waals surface area (Å²) in [5.74, 6) is -1.57. The number of nitrogens with one attached hydrogen (secondary N) is 1. The largest absolute Gasteiger partial charge is 0.364 e. The van der Waals surface area contributed by atoms with E-state index in [4.69, 9.17) is 0 Å². The Morgan fingerprint density at radius 1 is 1.39 bits per heavy atom. The molecule has 1 aromatic rings. The predicted octanol–water partition coefficient (Wildman–Crippen LogP) is 1.29. The average Bonchev–Trinajstić information content (AvgIpc) is 2.27. The lowest BCUT2D eigenvalue weighted by Gasteiger charge is -2.16. The molecule has 7 nitrogen and oxygen atoms in total. The van der Waals surface area contributed by atoms with E-state index < -0.39 is 28.0 Å². The number of imide groups is 1. The molecule has 2 amide bonds. The minimum atomic E-state index is -0.714. The van der Waals surface area contributed by atoms with Crippen molar-refractivity contribution in [1.29, 1.82) is 0 Å². The molecule has 18 heavy (non-hydrogen) atoms. The van der Waals surface area contributed by atoms with Crippen LogP contribution < -0.4 is 5.32 Å². The van der Waals surface area contributed by atoms with Crippen molar-refractivity contribution in [1.82, 2.24) is 10.3 Å². The quantitative estimate of drug-likeness (QED) is 0.630. The van der Waals surface area contributed by atoms with Gasteiger partial charge in [0.1, 0.15) is 6.20 Å². The Bertz CT molecular complexity index is 505. The summed E-state index contributed by atoms with van der Waals surface area (Å²) < 4.78 is 0. The molecule has 96 valence electrons. The molecule has 0 bridgehead atoms. The van der Waals surface area contributed by atoms with Gasteiger partial charge in [0.2, 0.25) is 5.91 Å². The van der Waals surface area contributed by atoms with Gasteiger partial charge in [-0.3, -0.25) is 14.9 Å². The minimum Gasteiger partial charge on any atom is -0.358 e. The molecule has 0 aromatic carbocycles. The number of hydrogen-bond donors (Lipinski definition) is 1. The van der Waals surface area contributed by atoms with Gasteiger partial charge in [0.25, 0.3) is 5.91 Å². The van der Waals surface area contributed by atoms with Gasteiger partial charge < -0.3 is 10.1 Å². The second-order valence-corrected chi connectivity index (χ2v) is 4.69. The number of hydrogen-bond acceptors (Lipinski definition) is 5. The van der Waals surface area contributed by atoms with Crippen molar-refractivity contribution in [3.8, 4) is 0 Å². The van der Waals surface area contributed by atoms with Crippen LogP contribution in [0, 0.1) is 15.5 Å². The normalized spacial score (nSPS) is 10.8. The molecule has 0 atom stereocenters. The molecule has 0 aliphatic carbocycles. The van der Waals surface area contributed by atoms with Gasteiger partial charge in [-0.2, -0.15) is 0 Å². The fourth-order valence-corrected chi connectivity index (χ4v) is 1.02. The highest BCUT2D eigenvalue weighted by Gasteiger charge is 2.24. The standard InChI is InChI=1S/C11H13N3O4/c1-11(2,3)10(16)13-9(15)7-4-5-12-8(6-7)14(17)18/h4-6H,1-3H3,(H,13,15,16). The molecule has 1 heterocycles. The van der Waals surface area contributed by atoms with E-state index in [1.54, 1.807) is 20.8 Å². The van der Waals surface area contributed by atoms with Crippen LogP contribution >= 0.6 is 0 Å². The van der Waals surface area contributed by atoms with Crippen molar-refractivity contribution in [3.63, 3.8) is 0 Å². The molecule has 0 saturated heterocycles. The van der Waals surface area contributed by atoms with Gasteiger partial charge in [-0.1, -0.05) is 20.8 Å². The van der Waals surface area contributed by atoms with Crippen LogP contribution in [0.25, 0.3) is 0 Å². The van der Waals surface area contributed by atoms with Crippen molar-refractivity contribution in [3.05, 3.63) is 34.0 Å². The van der Waals surface area contributed by atoms with E-state index in [-0.39, 0.29) is 5.56 Å². The molecular formula is C11H13N3O4. The molecule has 1 aromatic heterocycles. The Morgan fingerprint density at radius 3 is 2.50 bits per heavy atom. The van der Waals surface area contributed by atoms with Gasteiger partial charge in [0, 0.05) is 11.5 Å². The number of carbonyl (C=O) groups excluding carboxylic acids is 2. The van der Waals surface area contributed by atoms with Gasteiger partial charge in [-0.15, -0.1) is 0 Å². The van der Waals surface area contributed by atoms with Crippen molar-refractivity contribution in [2.75, 3.05) is 0 Å². The first kappa shape index (κ1) is 13.8. The summed E-state index contributed by atoms with van der Waals surface area (Å²) in [6, 6.07) is 2.32. The Morgan fingerprint density at radius 2 is 2.00 bits per heavy atom. The zero-order valence-corrected chi connectivity index (χ0v) is 10.3. The summed E-state index contributed by atoms with van der Waals surface area (Å²) >= 11 is 0. The van der Waals surface area contributed by atoms with Gasteiger partial charge >= 0.3 is 5.82 Å². The van der Waals surface area contributed by atoms with Crippen LogP contribution in [-0.4, -0.2) is 21.7 Å². The van der Waals surface area contributed by atoms with E-state index in [2.05, 4.69) is 10.3 Å². The molecule has 1 rings (SSSR count). The summed E-state index contributed by atoms with van der Waals surface area (Å²) in [6.45, 7) is 4.97. The fraction of sp³-hybridized carbons (Fsp3) is 0.364. The monoisotopic (exact) mass is 251 g/mol. The van der Waals surface area contributed by atoms with Crippen LogP contribution in [-0.2, 0) is 4.79 Å². The molecule has 0 radical (unpaired) electrons. The molecular weight excluding hydrogens is 238 g/mol. The minimum absolute atomic E-state index is 0.0225. The topological polar surface area (TPSA) is 102 Å². The van der Waals surface area contributed by atoms with Crippen molar-refractivity contribution >= 4 is 17.6 Å². The SMILES string of the molecule is CC(C)(C)C(=O)NC(=O)c1ccnc([N+](=O)[O-])c1. The smallest absolute Gasteiger partial charge is 0.358 e. The fourth-order valence-electron chi connectivity index (χ4n) is 1.02. The molecule has 0 aliphatic rings. The second-order valence-electron chi connectivity index (χ2n) is 4.69. The molecule has 7 heteroatoms. The molecule has 0 aliphatic heterocycles. The number of nitro groups is 1. The third-order valence-electron chi connectivity index (χ3n) is 2.10. The van der Waals surface area contributed by atoms with E-state index in [1.807, 2.05) is 0 Å². The first-order valence-corrected chi connectivity index (χ1v) is 5.18. The van der Waals surface area contributed by atoms with Crippen LogP contribution in [0.3, 0.4) is 0 Å². The average molecular weight is 251 g/mol. The lowest BCUT2D eigenvalue weighted by Crippen LogP contribution is -2.38. The summed E-state index contributed by atoms with van der Waals surface area (Å²) in [5.41, 5.74) is -0.691. The van der Waals surface area contributed by atoms with E-state index >= 15 is 0 Å². The highest BCUT2D eigenvalue weighted by molar-refractivity contribution is 6.06. The maximum absolute atomic E-state index is 11.7. The first-order chi connectivity index (χ1) is 8.21. The zero-order valence-electron chi connectivity index (χ0n) is 10.3. The summed E-state index contributed by atoms with van der Waals surface area (Å²) in [5, 5.41) is 12.7. The number of rotatable bonds is 2. The predicted molar refractivity (Wildman–Crippen MR) is 62.8 cm³/mol. The number of aromatic nitrogens is 1. The number of carbonyl (C=O) groups is 2. The van der Waals surface area contributed by atoms with Crippen LogP contribution in [0.1, 0.15) is 31.1 Å². The Hall–Kier alpha value is -2.31. The van der Waals surface area contributed by atoms with Crippen molar-refractivity contribution < 1.29 is 14.5 Å². The van der Waals surface area contributed by atoms with Crippen LogP contribution in [0.2, 0.25) is 0 Å². The summed E-state index contributed by atoms with van der Waals surface area (Å²) in [6.07, 6.45) is 1.15. The molecule has 1 N–H and O–H groups in total. The van der Waals surface area contributed by atoms with Gasteiger partial charge in [0.15, 0.2) is 0 Å². The second kappa shape index (κ2) is 4.91. The molecule has 0 saturated carbocycles. The lowest BCUT2D eigenvalue weighted by molar-refractivity contribution is -0.389. The Kier molecular flexibility index (Phi) is 3.75. The first-order valence-electron chi connectivity index (χ1n) is 5.18. The molecule has 0 fully saturated rings. The number of nitrogens with zero attached hydrogens (tertiary/aromatic N) is 2. The summed E-state index contributed by atoms with van der Waals surface area (Å²) in [7, 11) is 0. The summed E-state index contributed by atoms with van der Waals surface area (Å²) in [4.78, 5) is 36.6. The van der Waals surface area contributed by atoms with Crippen LogP contribution in [0.5, 0.6) is 0 Å². The highest BCUT2D eigenvalue weighted by atomic mass is 16.6. The van der Waals surface area contributed by atoms with Crippen molar-refractivity contribution in [2.24, 2.45) is 5.41 Å². The number of amides is 2. The third-order valence-corrected chi connectivity index (χ3v) is 2.10. The molecule has 0 unspecified atom stereocenters. The van der Waals surface area contributed by atoms with E-state index in [1.165, 1.54) is 6.07 Å². The van der Waals surface area contributed by atoms with Gasteiger partial charge in [0.05, 0.1) is 5.56 Å². The maximum atomic E-state index is 11.7. The van der Waals surface area contributed by atoms with Gasteiger partial charge in [-0.25, -0.2) is 0 Å². The van der Waals surface area contributed by atoms with Crippen LogP contribution in [0.4, 0.5) is 5.82 Å². The molecule has 0 spiro atoms. The maximum Gasteiger partial charge on any atom is 0.364 e. The van der Waals surface area contributed by atoms with Crippen molar-refractivity contribution in [2.45, 2.75) is 20.8 Å². The number of pyridine rings is 1.